The van der Waals surface area contributed by atoms with Gasteiger partial charge in [-0.3, -0.25) is 9.80 Å². The normalized spacial score (nSPS) is 14.7. The van der Waals surface area contributed by atoms with Gasteiger partial charge in [-0.1, -0.05) is 57.2 Å². The summed E-state index contributed by atoms with van der Waals surface area (Å²) in [6.07, 6.45) is 1.72. The van der Waals surface area contributed by atoms with E-state index in [1.54, 1.807) is 38.5 Å². The first kappa shape index (κ1) is 31.6. The lowest BCUT2D eigenvalue weighted by atomic mass is 9.98. The molecule has 0 bridgehead atoms. The first-order chi connectivity index (χ1) is 20.0. The van der Waals surface area contributed by atoms with Crippen LogP contribution in [-0.4, -0.2) is 85.4 Å². The van der Waals surface area contributed by atoms with E-state index in [1.807, 2.05) is 26.0 Å². The quantitative estimate of drug-likeness (QED) is 0.328. The molecule has 3 aromatic rings. The molecular formula is C32H43N5O4S. The second-order valence-electron chi connectivity index (χ2n) is 11.4. The molecule has 1 aliphatic rings. The van der Waals surface area contributed by atoms with Crippen molar-refractivity contribution in [3.63, 3.8) is 0 Å². The number of hydrogen-bond acceptors (Lipinski definition) is 7. The van der Waals surface area contributed by atoms with Crippen LogP contribution in [0, 0.1) is 0 Å². The fourth-order valence-electron chi connectivity index (χ4n) is 5.34. The van der Waals surface area contributed by atoms with Crippen molar-refractivity contribution >= 4 is 21.8 Å². The maximum absolute atomic E-state index is 12.5. The van der Waals surface area contributed by atoms with Crippen LogP contribution in [0.15, 0.2) is 65.7 Å². The van der Waals surface area contributed by atoms with E-state index in [-0.39, 0.29) is 5.92 Å². The molecule has 1 fully saturated rings. The summed E-state index contributed by atoms with van der Waals surface area (Å²) in [5.41, 5.74) is 4.56. The van der Waals surface area contributed by atoms with Crippen molar-refractivity contribution in [2.24, 2.45) is 0 Å². The van der Waals surface area contributed by atoms with Crippen LogP contribution in [-0.2, 0) is 29.7 Å². The Hall–Kier alpha value is -3.31. The van der Waals surface area contributed by atoms with Crippen molar-refractivity contribution in [3.8, 4) is 0 Å². The summed E-state index contributed by atoms with van der Waals surface area (Å²) >= 11 is 0. The molecule has 1 aliphatic heterocycles. The van der Waals surface area contributed by atoms with Crippen molar-refractivity contribution in [1.29, 1.82) is 0 Å². The van der Waals surface area contributed by atoms with Gasteiger partial charge in [-0.2, -0.15) is 0 Å². The zero-order valence-electron chi connectivity index (χ0n) is 25.3. The fourth-order valence-corrected chi connectivity index (χ4v) is 6.31. The van der Waals surface area contributed by atoms with Crippen LogP contribution in [0.3, 0.4) is 0 Å². The lowest BCUT2D eigenvalue weighted by Crippen LogP contribution is -2.46. The number of hydrogen-bond donors (Lipinski definition) is 1. The molecule has 0 radical (unpaired) electrons. The Morgan fingerprint density at radius 2 is 1.60 bits per heavy atom. The second kappa shape index (κ2) is 13.8. The number of carbonyl (C=O) groups is 1. The lowest BCUT2D eigenvalue weighted by molar-refractivity contribution is 0.0695. The van der Waals surface area contributed by atoms with Crippen molar-refractivity contribution in [2.45, 2.75) is 51.2 Å². The number of carboxylic acids is 1. The number of sulfonamides is 1. The van der Waals surface area contributed by atoms with Gasteiger partial charge in [-0.15, -0.1) is 0 Å². The van der Waals surface area contributed by atoms with E-state index in [0.717, 1.165) is 56.9 Å². The first-order valence-electron chi connectivity index (χ1n) is 14.5. The number of carboxylic acid groups (broad SMARTS) is 1. The van der Waals surface area contributed by atoms with E-state index in [9.17, 15) is 18.3 Å². The van der Waals surface area contributed by atoms with Gasteiger partial charge >= 0.3 is 5.97 Å². The molecule has 1 aromatic heterocycles. The molecule has 0 atom stereocenters. The molecule has 42 heavy (non-hydrogen) atoms. The second-order valence-corrected chi connectivity index (χ2v) is 13.5. The highest BCUT2D eigenvalue weighted by molar-refractivity contribution is 7.89. The third-order valence-corrected chi connectivity index (χ3v) is 9.65. The standard InChI is InChI=1S/C32H43N5O4S/c1-6-35(23-27-8-7-9-28(20-27)42(40,41)34(4)5)21-25-10-12-26(13-11-25)22-36-16-18-37(19-17-36)31-30(32(38)39)29(24(2)3)14-15-33-31/h7-15,20,24H,6,16-19,21-23H2,1-5H3,(H,38,39). The Bertz CT molecular complexity index is 1470. The summed E-state index contributed by atoms with van der Waals surface area (Å²) in [4.78, 5) is 23.6. The van der Waals surface area contributed by atoms with Gasteiger partial charge < -0.3 is 10.0 Å². The van der Waals surface area contributed by atoms with Crippen molar-refractivity contribution < 1.29 is 18.3 Å². The molecule has 0 aliphatic carbocycles. The number of piperazine rings is 1. The predicted molar refractivity (Wildman–Crippen MR) is 166 cm³/mol. The highest BCUT2D eigenvalue weighted by Gasteiger charge is 2.26. The summed E-state index contributed by atoms with van der Waals surface area (Å²) in [7, 11) is -0.371. The van der Waals surface area contributed by atoms with Gasteiger partial charge in [0.1, 0.15) is 11.4 Å². The molecule has 9 nitrogen and oxygen atoms in total. The molecule has 2 heterocycles. The van der Waals surface area contributed by atoms with Gasteiger partial charge in [0, 0.05) is 66.1 Å². The third-order valence-electron chi connectivity index (χ3n) is 7.84. The number of pyridine rings is 1. The summed E-state index contributed by atoms with van der Waals surface area (Å²) in [5.74, 6) is -0.231. The van der Waals surface area contributed by atoms with Crippen LogP contribution in [0.1, 0.15) is 59.3 Å². The van der Waals surface area contributed by atoms with Crippen molar-refractivity contribution in [2.75, 3.05) is 51.7 Å². The number of rotatable bonds is 12. The first-order valence-corrected chi connectivity index (χ1v) is 15.9. The van der Waals surface area contributed by atoms with Gasteiger partial charge in [0.05, 0.1) is 4.90 Å². The van der Waals surface area contributed by atoms with E-state index >= 15 is 0 Å². The highest BCUT2D eigenvalue weighted by Crippen LogP contribution is 2.28. The van der Waals surface area contributed by atoms with Gasteiger partial charge in [-0.05, 0) is 52.9 Å². The topological polar surface area (TPSA) is 97.3 Å². The smallest absolute Gasteiger partial charge is 0.339 e. The largest absolute Gasteiger partial charge is 0.478 e. The predicted octanol–water partition coefficient (Wildman–Crippen LogP) is 4.50. The molecule has 0 amide bonds. The number of benzene rings is 2. The zero-order chi connectivity index (χ0) is 30.4. The zero-order valence-corrected chi connectivity index (χ0v) is 26.1. The van der Waals surface area contributed by atoms with E-state index in [4.69, 9.17) is 0 Å². The molecule has 0 unspecified atom stereocenters. The van der Waals surface area contributed by atoms with Crippen LogP contribution in [0.2, 0.25) is 0 Å². The fraction of sp³-hybridized carbons (Fsp3) is 0.438. The van der Waals surface area contributed by atoms with Crippen LogP contribution in [0.25, 0.3) is 0 Å². The summed E-state index contributed by atoms with van der Waals surface area (Å²) in [6, 6.07) is 17.7. The molecule has 1 N–H and O–H groups in total. The van der Waals surface area contributed by atoms with Gasteiger partial charge in [-0.25, -0.2) is 22.5 Å². The average Bonchev–Trinajstić information content (AvgIpc) is 2.97. The molecule has 2 aromatic carbocycles. The molecule has 4 rings (SSSR count). The van der Waals surface area contributed by atoms with Crippen LogP contribution in [0.5, 0.6) is 0 Å². The van der Waals surface area contributed by atoms with Crippen LogP contribution in [0.4, 0.5) is 5.82 Å². The maximum Gasteiger partial charge on any atom is 0.339 e. The molecule has 0 spiro atoms. The number of aromatic nitrogens is 1. The summed E-state index contributed by atoms with van der Waals surface area (Å²) in [5, 5.41) is 9.89. The van der Waals surface area contributed by atoms with Crippen LogP contribution >= 0.6 is 0 Å². The Kier molecular flexibility index (Phi) is 10.4. The maximum atomic E-state index is 12.5. The van der Waals surface area contributed by atoms with Gasteiger partial charge in [0.15, 0.2) is 0 Å². The Labute approximate surface area is 250 Å². The van der Waals surface area contributed by atoms with Gasteiger partial charge in [0.25, 0.3) is 0 Å². The Morgan fingerprint density at radius 3 is 2.19 bits per heavy atom. The van der Waals surface area contributed by atoms with Crippen molar-refractivity contribution in [1.82, 2.24) is 19.1 Å². The molecule has 1 saturated heterocycles. The monoisotopic (exact) mass is 593 g/mol. The SMILES string of the molecule is CCN(Cc1ccc(CN2CCN(c3nccc(C(C)C)c3C(=O)O)CC2)cc1)Cc1cccc(S(=O)(=O)N(C)C)c1. The van der Waals surface area contributed by atoms with E-state index < -0.39 is 16.0 Å². The minimum absolute atomic E-state index is 0.115. The number of nitrogens with zero attached hydrogens (tertiary/aromatic N) is 5. The minimum Gasteiger partial charge on any atom is -0.478 e. The van der Waals surface area contributed by atoms with Gasteiger partial charge in [0.2, 0.25) is 10.0 Å². The Morgan fingerprint density at radius 1 is 0.952 bits per heavy atom. The lowest BCUT2D eigenvalue weighted by Gasteiger charge is -2.36. The van der Waals surface area contributed by atoms with E-state index in [0.29, 0.717) is 22.8 Å². The summed E-state index contributed by atoms with van der Waals surface area (Å²) in [6.45, 7) is 12.4. The van der Waals surface area contributed by atoms with E-state index in [2.05, 4.69) is 50.9 Å². The minimum atomic E-state index is -3.46. The molecule has 10 heteroatoms. The Balaban J connectivity index is 1.33. The number of aromatic carboxylic acids is 1. The van der Waals surface area contributed by atoms with Crippen LogP contribution < -0.4 is 4.90 Å². The summed E-state index contributed by atoms with van der Waals surface area (Å²) < 4.78 is 26.3. The van der Waals surface area contributed by atoms with E-state index in [1.165, 1.54) is 15.4 Å². The average molecular weight is 594 g/mol. The molecule has 226 valence electrons. The highest BCUT2D eigenvalue weighted by atomic mass is 32.2. The molecular weight excluding hydrogens is 550 g/mol. The third kappa shape index (κ3) is 7.55. The number of anilines is 1. The molecule has 0 saturated carbocycles. The van der Waals surface area contributed by atoms with Crippen molar-refractivity contribution in [3.05, 3.63) is 88.6 Å².